The third-order valence-corrected chi connectivity index (χ3v) is 5.72. The van der Waals surface area contributed by atoms with Gasteiger partial charge >= 0.3 is 0 Å². The Morgan fingerprint density at radius 3 is 2.31 bits per heavy atom. The number of nitrogens with one attached hydrogen (secondary N) is 1. The van der Waals surface area contributed by atoms with Crippen LogP contribution < -0.4 is 10.1 Å². The van der Waals surface area contributed by atoms with Crippen LogP contribution in [0.15, 0.2) is 41.3 Å². The van der Waals surface area contributed by atoms with Crippen molar-refractivity contribution in [1.82, 2.24) is 4.31 Å². The number of halogens is 2. The molecule has 0 heterocycles. The molecule has 0 atom stereocenters. The minimum absolute atomic E-state index is 0.0888. The van der Waals surface area contributed by atoms with Crippen molar-refractivity contribution in [2.24, 2.45) is 0 Å². The van der Waals surface area contributed by atoms with E-state index in [0.717, 1.165) is 9.87 Å². The van der Waals surface area contributed by atoms with Gasteiger partial charge < -0.3 is 10.1 Å². The first-order chi connectivity index (χ1) is 12.1. The molecular weight excluding hydrogens is 399 g/mol. The van der Waals surface area contributed by atoms with E-state index in [9.17, 15) is 13.2 Å². The van der Waals surface area contributed by atoms with Crippen molar-refractivity contribution in [1.29, 1.82) is 0 Å². The van der Waals surface area contributed by atoms with Crippen molar-refractivity contribution in [2.45, 2.75) is 11.8 Å². The van der Waals surface area contributed by atoms with Gasteiger partial charge in [0.2, 0.25) is 10.0 Å². The quantitative estimate of drug-likeness (QED) is 0.780. The summed E-state index contributed by atoms with van der Waals surface area (Å²) in [6, 6.07) is 9.16. The van der Waals surface area contributed by atoms with Crippen LogP contribution in [-0.2, 0) is 14.8 Å². The van der Waals surface area contributed by atoms with E-state index in [4.69, 9.17) is 27.9 Å². The number of sulfonamides is 1. The summed E-state index contributed by atoms with van der Waals surface area (Å²) in [6.45, 7) is 1.49. The van der Waals surface area contributed by atoms with Gasteiger partial charge in [0, 0.05) is 29.8 Å². The molecule has 2 aromatic carbocycles. The molecule has 0 saturated carbocycles. The van der Waals surface area contributed by atoms with E-state index in [0.29, 0.717) is 21.5 Å². The standard InChI is InChI=1S/C17H18Cl2N2O4S/c1-11-4-5-15(26(23,24)21(2)3)9-16(11)20-17(22)10-25-14-7-12(18)6-13(19)8-14/h4-9H,10H2,1-3H3,(H,20,22). The third-order valence-electron chi connectivity index (χ3n) is 3.47. The van der Waals surface area contributed by atoms with Crippen molar-refractivity contribution in [3.05, 3.63) is 52.0 Å². The number of rotatable bonds is 6. The summed E-state index contributed by atoms with van der Waals surface area (Å²) in [6.07, 6.45) is 0. The summed E-state index contributed by atoms with van der Waals surface area (Å²) < 4.78 is 30.9. The van der Waals surface area contributed by atoms with Gasteiger partial charge in [0.05, 0.1) is 4.90 Å². The molecule has 0 aromatic heterocycles. The van der Waals surface area contributed by atoms with Crippen LogP contribution in [0.2, 0.25) is 10.0 Å². The van der Waals surface area contributed by atoms with Crippen LogP contribution in [0.3, 0.4) is 0 Å². The van der Waals surface area contributed by atoms with Crippen LogP contribution >= 0.6 is 23.2 Å². The van der Waals surface area contributed by atoms with Gasteiger partial charge in [0.15, 0.2) is 6.61 Å². The Hall–Kier alpha value is -1.80. The van der Waals surface area contributed by atoms with E-state index in [1.165, 1.54) is 38.4 Å². The first-order valence-electron chi connectivity index (χ1n) is 7.51. The second-order valence-electron chi connectivity index (χ2n) is 5.71. The van der Waals surface area contributed by atoms with Crippen LogP contribution in [0.1, 0.15) is 5.56 Å². The highest BCUT2D eigenvalue weighted by Crippen LogP contribution is 2.25. The van der Waals surface area contributed by atoms with Gasteiger partial charge in [0.25, 0.3) is 5.91 Å². The van der Waals surface area contributed by atoms with Gasteiger partial charge in [-0.2, -0.15) is 0 Å². The molecule has 0 spiro atoms. The molecular formula is C17H18Cl2N2O4S. The summed E-state index contributed by atoms with van der Waals surface area (Å²) in [5, 5.41) is 3.44. The van der Waals surface area contributed by atoms with Gasteiger partial charge in [-0.3, -0.25) is 4.79 Å². The average Bonchev–Trinajstić information content (AvgIpc) is 2.54. The Morgan fingerprint density at radius 2 is 1.73 bits per heavy atom. The molecule has 2 aromatic rings. The third kappa shape index (κ3) is 5.11. The number of benzene rings is 2. The first-order valence-corrected chi connectivity index (χ1v) is 9.71. The zero-order valence-corrected chi connectivity index (χ0v) is 16.7. The molecule has 0 radical (unpaired) electrons. The van der Waals surface area contributed by atoms with Crippen LogP contribution in [0.25, 0.3) is 0 Å². The summed E-state index contributed by atoms with van der Waals surface area (Å²) in [4.78, 5) is 12.2. The number of amides is 1. The Labute approximate surface area is 162 Å². The molecule has 0 bridgehead atoms. The Morgan fingerprint density at radius 1 is 1.12 bits per heavy atom. The number of anilines is 1. The fourth-order valence-electron chi connectivity index (χ4n) is 2.05. The minimum atomic E-state index is -3.60. The Bertz CT molecular complexity index is 910. The zero-order chi connectivity index (χ0) is 19.5. The number of carbonyl (C=O) groups is 1. The van der Waals surface area contributed by atoms with Crippen LogP contribution in [0.4, 0.5) is 5.69 Å². The molecule has 0 fully saturated rings. The van der Waals surface area contributed by atoms with Crippen molar-refractivity contribution >= 4 is 44.8 Å². The first kappa shape index (κ1) is 20.5. The second kappa shape index (κ2) is 8.26. The maximum atomic E-state index is 12.2. The molecule has 0 unspecified atom stereocenters. The molecule has 6 nitrogen and oxygen atoms in total. The van der Waals surface area contributed by atoms with Crippen molar-refractivity contribution in [3.8, 4) is 5.75 Å². The van der Waals surface area contributed by atoms with E-state index in [2.05, 4.69) is 5.32 Å². The average molecular weight is 417 g/mol. The lowest BCUT2D eigenvalue weighted by Crippen LogP contribution is -2.23. The van der Waals surface area contributed by atoms with E-state index < -0.39 is 15.9 Å². The van der Waals surface area contributed by atoms with Gasteiger partial charge in [-0.1, -0.05) is 29.3 Å². The highest BCUT2D eigenvalue weighted by atomic mass is 35.5. The molecule has 26 heavy (non-hydrogen) atoms. The molecule has 2 rings (SSSR count). The number of nitrogens with zero attached hydrogens (tertiary/aromatic N) is 1. The van der Waals surface area contributed by atoms with E-state index in [1.54, 1.807) is 19.1 Å². The molecule has 0 aliphatic carbocycles. The highest BCUT2D eigenvalue weighted by molar-refractivity contribution is 7.89. The predicted octanol–water partition coefficient (Wildman–Crippen LogP) is 3.57. The topological polar surface area (TPSA) is 75.7 Å². The lowest BCUT2D eigenvalue weighted by atomic mass is 10.2. The van der Waals surface area contributed by atoms with E-state index >= 15 is 0 Å². The normalized spacial score (nSPS) is 11.5. The van der Waals surface area contributed by atoms with Crippen molar-refractivity contribution < 1.29 is 17.9 Å². The smallest absolute Gasteiger partial charge is 0.262 e. The fourth-order valence-corrected chi connectivity index (χ4v) is 3.49. The lowest BCUT2D eigenvalue weighted by molar-refractivity contribution is -0.118. The van der Waals surface area contributed by atoms with Crippen molar-refractivity contribution in [3.63, 3.8) is 0 Å². The van der Waals surface area contributed by atoms with Gasteiger partial charge in [-0.15, -0.1) is 0 Å². The predicted molar refractivity (Wildman–Crippen MR) is 103 cm³/mol. The zero-order valence-electron chi connectivity index (χ0n) is 14.4. The molecule has 0 aliphatic rings. The maximum absolute atomic E-state index is 12.2. The number of carbonyl (C=O) groups excluding carboxylic acids is 1. The van der Waals surface area contributed by atoms with Crippen LogP contribution in [-0.4, -0.2) is 39.3 Å². The summed E-state index contributed by atoms with van der Waals surface area (Å²) in [7, 11) is -0.712. The van der Waals surface area contributed by atoms with Gasteiger partial charge in [-0.25, -0.2) is 12.7 Å². The Kier molecular flexibility index (Phi) is 6.52. The van der Waals surface area contributed by atoms with Gasteiger partial charge in [0.1, 0.15) is 5.75 Å². The molecule has 1 N–H and O–H groups in total. The summed E-state index contributed by atoms with van der Waals surface area (Å²) >= 11 is 11.8. The SMILES string of the molecule is Cc1ccc(S(=O)(=O)N(C)C)cc1NC(=O)COc1cc(Cl)cc(Cl)c1. The second-order valence-corrected chi connectivity index (χ2v) is 8.73. The molecule has 0 aliphatic heterocycles. The summed E-state index contributed by atoms with van der Waals surface area (Å²) in [5.74, 6) is -0.0816. The highest BCUT2D eigenvalue weighted by Gasteiger charge is 2.18. The lowest BCUT2D eigenvalue weighted by Gasteiger charge is -2.14. The largest absolute Gasteiger partial charge is 0.484 e. The molecule has 0 saturated heterocycles. The van der Waals surface area contributed by atoms with Crippen molar-refractivity contribution in [2.75, 3.05) is 26.0 Å². The molecule has 9 heteroatoms. The molecule has 140 valence electrons. The maximum Gasteiger partial charge on any atom is 0.262 e. The fraction of sp³-hybridized carbons (Fsp3) is 0.235. The number of ether oxygens (including phenoxy) is 1. The minimum Gasteiger partial charge on any atom is -0.484 e. The van der Waals surface area contributed by atoms with E-state index in [-0.39, 0.29) is 11.5 Å². The Balaban J connectivity index is 2.11. The number of hydrogen-bond donors (Lipinski definition) is 1. The number of aryl methyl sites for hydroxylation is 1. The number of hydrogen-bond acceptors (Lipinski definition) is 4. The monoisotopic (exact) mass is 416 g/mol. The van der Waals surface area contributed by atoms with E-state index in [1.807, 2.05) is 0 Å². The van der Waals surface area contributed by atoms with Gasteiger partial charge in [-0.05, 0) is 42.8 Å². The summed E-state index contributed by atoms with van der Waals surface area (Å²) in [5.41, 5.74) is 1.12. The van der Waals surface area contributed by atoms with Crippen LogP contribution in [0, 0.1) is 6.92 Å². The van der Waals surface area contributed by atoms with Crippen LogP contribution in [0.5, 0.6) is 5.75 Å². The molecule has 1 amide bonds.